The minimum atomic E-state index is 0.175. The number of hydrazone groups is 1. The summed E-state index contributed by atoms with van der Waals surface area (Å²) in [6.07, 6.45) is 1.54. The van der Waals surface area contributed by atoms with Crippen molar-refractivity contribution in [3.63, 3.8) is 0 Å². The standard InChI is InChI=1S/C20H24N4O3S/c1-3-24(4-2)16-7-6-15(17(25)10-16)12-22-23-20(28)21-11-14-5-8-18-19(9-14)27-13-26-18/h5-10,12,25H,3-4,11,13H2,1-2H3,(H2,21,23,28)/b22-12+. The highest BCUT2D eigenvalue weighted by molar-refractivity contribution is 7.80. The van der Waals surface area contributed by atoms with Gasteiger partial charge in [0, 0.05) is 37.0 Å². The zero-order valence-electron chi connectivity index (χ0n) is 15.9. The van der Waals surface area contributed by atoms with Crippen LogP contribution in [0.2, 0.25) is 0 Å². The van der Waals surface area contributed by atoms with Crippen LogP contribution in [0.4, 0.5) is 5.69 Å². The van der Waals surface area contributed by atoms with Crippen molar-refractivity contribution in [3.8, 4) is 17.2 Å². The predicted molar refractivity (Wildman–Crippen MR) is 114 cm³/mol. The molecule has 3 N–H and O–H groups in total. The maximum atomic E-state index is 10.2. The lowest BCUT2D eigenvalue weighted by molar-refractivity contribution is 0.174. The van der Waals surface area contributed by atoms with Crippen LogP contribution in [0, 0.1) is 0 Å². The minimum absolute atomic E-state index is 0.175. The average Bonchev–Trinajstić information content (AvgIpc) is 3.17. The summed E-state index contributed by atoms with van der Waals surface area (Å²) in [5, 5.41) is 17.8. The molecule has 28 heavy (non-hydrogen) atoms. The summed E-state index contributed by atoms with van der Waals surface area (Å²) in [4.78, 5) is 2.16. The van der Waals surface area contributed by atoms with Gasteiger partial charge in [-0.15, -0.1) is 0 Å². The van der Waals surface area contributed by atoms with E-state index in [0.717, 1.165) is 35.8 Å². The summed E-state index contributed by atoms with van der Waals surface area (Å²) in [5.41, 5.74) is 5.36. The largest absolute Gasteiger partial charge is 0.507 e. The van der Waals surface area contributed by atoms with Crippen molar-refractivity contribution in [2.45, 2.75) is 20.4 Å². The van der Waals surface area contributed by atoms with Crippen LogP contribution in [-0.4, -0.2) is 36.3 Å². The van der Waals surface area contributed by atoms with Gasteiger partial charge in [0.2, 0.25) is 6.79 Å². The molecule has 2 aromatic carbocycles. The van der Waals surface area contributed by atoms with Crippen molar-refractivity contribution in [1.29, 1.82) is 0 Å². The van der Waals surface area contributed by atoms with E-state index in [2.05, 4.69) is 34.6 Å². The first-order valence-corrected chi connectivity index (χ1v) is 9.55. The Morgan fingerprint density at radius 2 is 1.96 bits per heavy atom. The van der Waals surface area contributed by atoms with Crippen LogP contribution >= 0.6 is 12.2 Å². The van der Waals surface area contributed by atoms with Crippen LogP contribution in [0.15, 0.2) is 41.5 Å². The van der Waals surface area contributed by atoms with Crippen molar-refractivity contribution in [1.82, 2.24) is 10.7 Å². The van der Waals surface area contributed by atoms with Gasteiger partial charge in [-0.1, -0.05) is 6.07 Å². The Bertz CT molecular complexity index is 869. The van der Waals surface area contributed by atoms with Gasteiger partial charge in [-0.05, 0) is 55.9 Å². The second-order valence-corrected chi connectivity index (χ2v) is 6.56. The van der Waals surface area contributed by atoms with E-state index in [1.807, 2.05) is 30.3 Å². The van der Waals surface area contributed by atoms with Crippen molar-refractivity contribution >= 4 is 29.2 Å². The average molecular weight is 401 g/mol. The normalized spacial score (nSPS) is 12.2. The van der Waals surface area contributed by atoms with E-state index in [1.165, 1.54) is 6.21 Å². The molecule has 148 valence electrons. The topological polar surface area (TPSA) is 78.4 Å². The number of thiocarbonyl (C=S) groups is 1. The highest BCUT2D eigenvalue weighted by Crippen LogP contribution is 2.32. The molecule has 0 aromatic heterocycles. The van der Waals surface area contributed by atoms with Gasteiger partial charge >= 0.3 is 0 Å². The molecule has 7 nitrogen and oxygen atoms in total. The molecule has 0 bridgehead atoms. The number of benzene rings is 2. The summed E-state index contributed by atoms with van der Waals surface area (Å²) >= 11 is 5.23. The third-order valence-electron chi connectivity index (χ3n) is 4.40. The van der Waals surface area contributed by atoms with E-state index in [9.17, 15) is 5.11 Å². The van der Waals surface area contributed by atoms with Gasteiger partial charge in [0.05, 0.1) is 6.21 Å². The number of aromatic hydroxyl groups is 1. The zero-order valence-corrected chi connectivity index (χ0v) is 16.8. The Labute approximate surface area is 170 Å². The second kappa shape index (κ2) is 9.27. The van der Waals surface area contributed by atoms with Crippen molar-refractivity contribution < 1.29 is 14.6 Å². The van der Waals surface area contributed by atoms with E-state index in [-0.39, 0.29) is 12.5 Å². The number of phenols is 1. The van der Waals surface area contributed by atoms with Crippen molar-refractivity contribution in [2.24, 2.45) is 5.10 Å². The van der Waals surface area contributed by atoms with Crippen LogP contribution in [0.1, 0.15) is 25.0 Å². The Kier molecular flexibility index (Phi) is 6.54. The fraction of sp³-hybridized carbons (Fsp3) is 0.300. The lowest BCUT2D eigenvalue weighted by Gasteiger charge is -2.21. The van der Waals surface area contributed by atoms with Crippen LogP contribution in [0.3, 0.4) is 0 Å². The molecule has 0 saturated heterocycles. The predicted octanol–water partition coefficient (Wildman–Crippen LogP) is 2.97. The number of nitrogens with one attached hydrogen (secondary N) is 2. The molecular weight excluding hydrogens is 376 g/mol. The van der Waals surface area contributed by atoms with E-state index in [0.29, 0.717) is 17.2 Å². The third-order valence-corrected chi connectivity index (χ3v) is 4.64. The molecule has 0 unspecified atom stereocenters. The number of ether oxygens (including phenoxy) is 2. The highest BCUT2D eigenvalue weighted by atomic mass is 32.1. The van der Waals surface area contributed by atoms with Gasteiger partial charge in [0.15, 0.2) is 16.6 Å². The number of hydrogen-bond acceptors (Lipinski definition) is 6. The number of rotatable bonds is 7. The van der Waals surface area contributed by atoms with Crippen molar-refractivity contribution in [2.75, 3.05) is 24.8 Å². The van der Waals surface area contributed by atoms with E-state index >= 15 is 0 Å². The summed E-state index contributed by atoms with van der Waals surface area (Å²) in [5.74, 6) is 1.66. The molecule has 0 spiro atoms. The van der Waals surface area contributed by atoms with Gasteiger partial charge in [0.1, 0.15) is 5.75 Å². The Morgan fingerprint density at radius 1 is 1.18 bits per heavy atom. The zero-order chi connectivity index (χ0) is 19.9. The fourth-order valence-corrected chi connectivity index (χ4v) is 2.98. The molecule has 8 heteroatoms. The Morgan fingerprint density at radius 3 is 2.71 bits per heavy atom. The molecular formula is C20H24N4O3S. The SMILES string of the molecule is CCN(CC)c1ccc(/C=N/NC(=S)NCc2ccc3c(c2)OCO3)c(O)c1. The van der Waals surface area contributed by atoms with Crippen LogP contribution in [-0.2, 0) is 6.54 Å². The minimum Gasteiger partial charge on any atom is -0.507 e. The van der Waals surface area contributed by atoms with Gasteiger partial charge in [-0.2, -0.15) is 5.10 Å². The van der Waals surface area contributed by atoms with Crippen molar-refractivity contribution in [3.05, 3.63) is 47.5 Å². The monoisotopic (exact) mass is 400 g/mol. The summed E-state index contributed by atoms with van der Waals surface area (Å²) < 4.78 is 10.7. The summed E-state index contributed by atoms with van der Waals surface area (Å²) in [6, 6.07) is 11.3. The Hall–Kier alpha value is -3.00. The van der Waals surface area contributed by atoms with Gasteiger partial charge < -0.3 is 24.8 Å². The molecule has 0 amide bonds. The number of nitrogens with zero attached hydrogens (tertiary/aromatic N) is 2. The molecule has 3 rings (SSSR count). The van der Waals surface area contributed by atoms with Crippen LogP contribution < -0.4 is 25.1 Å². The quantitative estimate of drug-likeness (QED) is 0.375. The van der Waals surface area contributed by atoms with Crippen LogP contribution in [0.25, 0.3) is 0 Å². The third kappa shape index (κ3) is 4.83. The van der Waals surface area contributed by atoms with Gasteiger partial charge in [0.25, 0.3) is 0 Å². The molecule has 1 aliphatic heterocycles. The Balaban J connectivity index is 1.50. The molecule has 1 aliphatic rings. The summed E-state index contributed by atoms with van der Waals surface area (Å²) in [6.45, 7) is 6.71. The van der Waals surface area contributed by atoms with Gasteiger partial charge in [-0.25, -0.2) is 0 Å². The fourth-order valence-electron chi connectivity index (χ4n) is 2.86. The van der Waals surface area contributed by atoms with Gasteiger partial charge in [-0.3, -0.25) is 5.43 Å². The molecule has 0 atom stereocenters. The molecule has 0 fully saturated rings. The molecule has 0 radical (unpaired) electrons. The number of anilines is 1. The van der Waals surface area contributed by atoms with E-state index in [1.54, 1.807) is 6.07 Å². The lowest BCUT2D eigenvalue weighted by atomic mass is 10.2. The first kappa shape index (κ1) is 19.8. The van der Waals surface area contributed by atoms with E-state index in [4.69, 9.17) is 21.7 Å². The number of fused-ring (bicyclic) bond motifs is 1. The first-order valence-electron chi connectivity index (χ1n) is 9.14. The summed E-state index contributed by atoms with van der Waals surface area (Å²) in [7, 11) is 0. The van der Waals surface area contributed by atoms with E-state index < -0.39 is 0 Å². The molecule has 0 saturated carbocycles. The molecule has 1 heterocycles. The second-order valence-electron chi connectivity index (χ2n) is 6.16. The first-order chi connectivity index (χ1) is 13.6. The lowest BCUT2D eigenvalue weighted by Crippen LogP contribution is -2.31. The maximum Gasteiger partial charge on any atom is 0.231 e. The van der Waals surface area contributed by atoms with Crippen LogP contribution in [0.5, 0.6) is 17.2 Å². The molecule has 2 aromatic rings. The maximum absolute atomic E-state index is 10.2. The smallest absolute Gasteiger partial charge is 0.231 e. The molecule has 0 aliphatic carbocycles. The number of hydrogen-bond donors (Lipinski definition) is 3. The highest BCUT2D eigenvalue weighted by Gasteiger charge is 2.13. The number of phenolic OH excluding ortho intramolecular Hbond substituents is 1.